The number of H-pyrrole nitrogens is 1. The molecule has 0 saturated heterocycles. The van der Waals surface area contributed by atoms with Crippen LogP contribution in [0.1, 0.15) is 29.1 Å². The molecule has 3 aromatic heterocycles. The van der Waals surface area contributed by atoms with Crippen molar-refractivity contribution in [1.82, 2.24) is 19.1 Å². The van der Waals surface area contributed by atoms with E-state index in [-0.39, 0.29) is 17.2 Å². The number of carbonyl (C=O) groups excluding carboxylic acids is 1. The monoisotopic (exact) mass is 469 g/mol. The van der Waals surface area contributed by atoms with Gasteiger partial charge in [0.1, 0.15) is 10.7 Å². The van der Waals surface area contributed by atoms with Gasteiger partial charge in [-0.15, -0.1) is 11.3 Å². The van der Waals surface area contributed by atoms with E-state index in [4.69, 9.17) is 0 Å². The third-order valence-electron chi connectivity index (χ3n) is 5.89. The van der Waals surface area contributed by atoms with Crippen molar-refractivity contribution in [2.45, 2.75) is 31.4 Å². The molecule has 5 rings (SSSR count). The van der Waals surface area contributed by atoms with Gasteiger partial charge in [-0.1, -0.05) is 0 Å². The van der Waals surface area contributed by atoms with Gasteiger partial charge >= 0.3 is 5.69 Å². The van der Waals surface area contributed by atoms with Crippen LogP contribution < -0.4 is 16.6 Å². The average molecular weight is 470 g/mol. The van der Waals surface area contributed by atoms with E-state index in [1.165, 1.54) is 10.4 Å². The van der Waals surface area contributed by atoms with Crippen LogP contribution in [0.5, 0.6) is 0 Å². The number of nitrogens with one attached hydrogen (secondary N) is 2. The molecular formula is C22H23N5O3S2. The second-order valence-electron chi connectivity index (χ2n) is 8.00. The van der Waals surface area contributed by atoms with Crippen LogP contribution in [0.15, 0.2) is 27.8 Å². The molecule has 3 heterocycles. The molecule has 0 saturated carbocycles. The summed E-state index contributed by atoms with van der Waals surface area (Å²) in [5, 5.41) is 3.66. The first-order valence-electron chi connectivity index (χ1n) is 10.5. The first-order valence-corrected chi connectivity index (χ1v) is 12.5. The smallest absolute Gasteiger partial charge is 0.326 e. The first-order chi connectivity index (χ1) is 15.4. The molecule has 1 aliphatic carbocycles. The van der Waals surface area contributed by atoms with Crippen LogP contribution in [0.2, 0.25) is 0 Å². The Kier molecular flexibility index (Phi) is 5.42. The fourth-order valence-corrected chi connectivity index (χ4v) is 6.34. The van der Waals surface area contributed by atoms with Crippen molar-refractivity contribution >= 4 is 55.9 Å². The van der Waals surface area contributed by atoms with E-state index >= 15 is 0 Å². The summed E-state index contributed by atoms with van der Waals surface area (Å²) in [7, 11) is 3.44. The Balaban J connectivity index is 1.18. The Morgan fingerprint density at radius 2 is 2.03 bits per heavy atom. The number of carbonyl (C=O) groups is 1. The van der Waals surface area contributed by atoms with E-state index in [0.29, 0.717) is 29.4 Å². The molecule has 0 atom stereocenters. The van der Waals surface area contributed by atoms with Crippen LogP contribution in [-0.2, 0) is 37.5 Å². The molecule has 1 aliphatic rings. The minimum atomic E-state index is -0.100. The standard InChI is InChI=1S/C22H23N5O3S2/c1-26-14-7-6-12(10-15(14)27(2)22(26)30)23-18(28)8-9-31-11-17-24-20(29)19-13-4-3-5-16(13)32-21(19)25-17/h6-7,10H,3-5,8-9,11H2,1-2H3,(H,23,28)(H,24,25,29). The molecule has 0 radical (unpaired) electrons. The van der Waals surface area contributed by atoms with E-state index in [1.807, 2.05) is 12.1 Å². The van der Waals surface area contributed by atoms with Gasteiger partial charge in [0.25, 0.3) is 5.56 Å². The fraction of sp³-hybridized carbons (Fsp3) is 0.364. The van der Waals surface area contributed by atoms with Crippen molar-refractivity contribution in [3.8, 4) is 0 Å². The van der Waals surface area contributed by atoms with E-state index in [0.717, 1.165) is 40.5 Å². The summed E-state index contributed by atoms with van der Waals surface area (Å²) in [6.45, 7) is 0. The zero-order chi connectivity index (χ0) is 22.4. The lowest BCUT2D eigenvalue weighted by atomic mass is 10.2. The predicted octanol–water partition coefficient (Wildman–Crippen LogP) is 2.93. The number of rotatable bonds is 6. The SMILES string of the molecule is Cn1c(=O)n(C)c2cc(NC(=O)CCSCc3nc4sc5c(c4c(=O)[nH]3)CCC5)ccc21. The highest BCUT2D eigenvalue weighted by molar-refractivity contribution is 7.98. The average Bonchev–Trinajstić information content (AvgIpc) is 3.41. The van der Waals surface area contributed by atoms with Gasteiger partial charge in [-0.05, 0) is 43.0 Å². The molecule has 10 heteroatoms. The second kappa shape index (κ2) is 8.25. The van der Waals surface area contributed by atoms with Gasteiger partial charge in [0, 0.05) is 36.8 Å². The molecule has 0 bridgehead atoms. The fourth-order valence-electron chi connectivity index (χ4n) is 4.26. The minimum absolute atomic E-state index is 0.0477. The Labute approximate surface area is 191 Å². The number of aryl methyl sites for hydroxylation is 4. The highest BCUT2D eigenvalue weighted by atomic mass is 32.2. The summed E-state index contributed by atoms with van der Waals surface area (Å²) in [4.78, 5) is 46.6. The molecule has 0 unspecified atom stereocenters. The summed E-state index contributed by atoms with van der Waals surface area (Å²) in [6.07, 6.45) is 3.48. The van der Waals surface area contributed by atoms with Crippen molar-refractivity contribution in [1.29, 1.82) is 0 Å². The van der Waals surface area contributed by atoms with Gasteiger partial charge in [-0.2, -0.15) is 11.8 Å². The van der Waals surface area contributed by atoms with Gasteiger partial charge in [-0.3, -0.25) is 18.7 Å². The van der Waals surface area contributed by atoms with Crippen LogP contribution in [0.4, 0.5) is 5.69 Å². The number of hydrogen-bond acceptors (Lipinski definition) is 6. The van der Waals surface area contributed by atoms with E-state index in [1.54, 1.807) is 52.4 Å². The maximum absolute atomic E-state index is 12.5. The van der Waals surface area contributed by atoms with Gasteiger partial charge in [0.2, 0.25) is 5.91 Å². The number of imidazole rings is 1. The number of fused-ring (bicyclic) bond motifs is 4. The maximum Gasteiger partial charge on any atom is 0.328 e. The Bertz CT molecular complexity index is 1480. The van der Waals surface area contributed by atoms with Crippen molar-refractivity contribution in [3.05, 3.63) is 55.3 Å². The number of anilines is 1. The zero-order valence-corrected chi connectivity index (χ0v) is 19.5. The van der Waals surface area contributed by atoms with Crippen LogP contribution in [0, 0.1) is 0 Å². The molecule has 0 spiro atoms. The molecule has 8 nitrogen and oxygen atoms in total. The van der Waals surface area contributed by atoms with Gasteiger partial charge < -0.3 is 10.3 Å². The van der Waals surface area contributed by atoms with Crippen molar-refractivity contribution in [2.24, 2.45) is 14.1 Å². The van der Waals surface area contributed by atoms with E-state index < -0.39 is 0 Å². The molecule has 2 N–H and O–H groups in total. The summed E-state index contributed by atoms with van der Waals surface area (Å²) in [5.41, 5.74) is 3.29. The lowest BCUT2D eigenvalue weighted by Gasteiger charge is -2.06. The lowest BCUT2D eigenvalue weighted by Crippen LogP contribution is -2.19. The summed E-state index contributed by atoms with van der Waals surface area (Å²) in [5.74, 6) is 1.73. The van der Waals surface area contributed by atoms with Crippen molar-refractivity contribution in [2.75, 3.05) is 11.1 Å². The number of aromatic nitrogens is 4. The summed E-state index contributed by atoms with van der Waals surface area (Å²) in [6, 6.07) is 5.44. The van der Waals surface area contributed by atoms with Crippen LogP contribution in [0.25, 0.3) is 21.3 Å². The Hall–Kier alpha value is -2.85. The minimum Gasteiger partial charge on any atom is -0.326 e. The number of hydrogen-bond donors (Lipinski definition) is 2. The van der Waals surface area contributed by atoms with E-state index in [2.05, 4.69) is 15.3 Å². The Morgan fingerprint density at radius 1 is 1.22 bits per heavy atom. The molecule has 1 amide bonds. The number of amides is 1. The maximum atomic E-state index is 12.5. The van der Waals surface area contributed by atoms with Gasteiger partial charge in [0.15, 0.2) is 0 Å². The van der Waals surface area contributed by atoms with Gasteiger partial charge in [0.05, 0.1) is 22.2 Å². The summed E-state index contributed by atoms with van der Waals surface area (Å²) < 4.78 is 3.14. The molecule has 0 aliphatic heterocycles. The zero-order valence-electron chi connectivity index (χ0n) is 17.9. The number of thiophene rings is 1. The van der Waals surface area contributed by atoms with Crippen molar-refractivity contribution < 1.29 is 4.79 Å². The molecule has 0 fully saturated rings. The third kappa shape index (κ3) is 3.67. The molecular weight excluding hydrogens is 446 g/mol. The largest absolute Gasteiger partial charge is 0.328 e. The predicted molar refractivity (Wildman–Crippen MR) is 130 cm³/mol. The normalized spacial score (nSPS) is 13.2. The first kappa shape index (κ1) is 21.0. The van der Waals surface area contributed by atoms with Crippen LogP contribution >= 0.6 is 23.1 Å². The number of thioether (sulfide) groups is 1. The topological polar surface area (TPSA) is 102 Å². The number of aromatic amines is 1. The number of benzene rings is 1. The quantitative estimate of drug-likeness (QED) is 0.423. The van der Waals surface area contributed by atoms with Crippen molar-refractivity contribution in [3.63, 3.8) is 0 Å². The molecule has 32 heavy (non-hydrogen) atoms. The second-order valence-corrected chi connectivity index (χ2v) is 10.2. The van der Waals surface area contributed by atoms with Crippen LogP contribution in [0.3, 0.4) is 0 Å². The molecule has 166 valence electrons. The van der Waals surface area contributed by atoms with Crippen LogP contribution in [-0.4, -0.2) is 30.8 Å². The highest BCUT2D eigenvalue weighted by Gasteiger charge is 2.21. The summed E-state index contributed by atoms with van der Waals surface area (Å²) >= 11 is 3.20. The van der Waals surface area contributed by atoms with E-state index in [9.17, 15) is 14.4 Å². The van der Waals surface area contributed by atoms with Gasteiger partial charge in [-0.25, -0.2) is 9.78 Å². The Morgan fingerprint density at radius 3 is 2.88 bits per heavy atom. The lowest BCUT2D eigenvalue weighted by molar-refractivity contribution is -0.115. The molecule has 4 aromatic rings. The third-order valence-corrected chi connectivity index (χ3v) is 8.05. The highest BCUT2D eigenvalue weighted by Crippen LogP contribution is 2.34. The molecule has 1 aromatic carbocycles. The number of nitrogens with zero attached hydrogens (tertiary/aromatic N) is 3.